The van der Waals surface area contributed by atoms with Gasteiger partial charge in [0, 0.05) is 17.3 Å². The summed E-state index contributed by atoms with van der Waals surface area (Å²) in [6, 6.07) is 0. The zero-order chi connectivity index (χ0) is 18.7. The van der Waals surface area contributed by atoms with Crippen LogP contribution in [-0.2, 0) is 9.53 Å². The normalized spacial score (nSPS) is 63.3. The van der Waals surface area contributed by atoms with Gasteiger partial charge >= 0.3 is 0 Å². The van der Waals surface area contributed by atoms with Crippen molar-refractivity contribution in [3.8, 4) is 0 Å². The zero-order valence-electron chi connectivity index (χ0n) is 16.1. The SMILES string of the molecule is CC(=O)[C@H]1CC[C@]23O[C@]24CC[C@@H]2CC(O)CC[C@]2(C)[C@@H]4C(O)C(O)[C@]13C. The monoisotopic (exact) mass is 364 g/mol. The van der Waals surface area contributed by atoms with Gasteiger partial charge < -0.3 is 20.1 Å². The van der Waals surface area contributed by atoms with Crippen LogP contribution in [0.25, 0.3) is 0 Å². The molecule has 1 heterocycles. The minimum atomic E-state index is -0.943. The third kappa shape index (κ3) is 1.63. The Labute approximate surface area is 155 Å². The van der Waals surface area contributed by atoms with Crippen molar-refractivity contribution in [1.29, 1.82) is 0 Å². The van der Waals surface area contributed by atoms with E-state index in [1.165, 1.54) is 0 Å². The van der Waals surface area contributed by atoms with E-state index in [0.717, 1.165) is 44.9 Å². The summed E-state index contributed by atoms with van der Waals surface area (Å²) in [5, 5.41) is 32.8. The lowest BCUT2D eigenvalue weighted by Gasteiger charge is -2.60. The van der Waals surface area contributed by atoms with E-state index in [1.807, 2.05) is 6.92 Å². The fraction of sp³-hybridized carbons (Fsp3) is 0.952. The number of carbonyl (C=O) groups excluding carboxylic acids is 1. The molecule has 0 bridgehead atoms. The fourth-order valence-corrected chi connectivity index (χ4v) is 8.48. The van der Waals surface area contributed by atoms with Crippen LogP contribution in [-0.4, -0.2) is 50.6 Å². The number of rotatable bonds is 1. The Morgan fingerprint density at radius 3 is 2.46 bits per heavy atom. The maximum Gasteiger partial charge on any atom is 0.133 e. The molecule has 1 aliphatic heterocycles. The summed E-state index contributed by atoms with van der Waals surface area (Å²) < 4.78 is 6.61. The molecule has 0 aromatic heterocycles. The predicted octanol–water partition coefficient (Wildman–Crippen LogP) is 1.81. The van der Waals surface area contributed by atoms with Gasteiger partial charge in [-0.3, -0.25) is 4.79 Å². The lowest BCUT2D eigenvalue weighted by Crippen LogP contribution is -2.69. The molecule has 0 aromatic rings. The number of ether oxygens (including phenoxy) is 1. The Hall–Kier alpha value is -0.490. The average Bonchev–Trinajstić information content (AvgIpc) is 3.11. The highest BCUT2D eigenvalue weighted by Crippen LogP contribution is 2.80. The Bertz CT molecular complexity index is 665. The molecule has 26 heavy (non-hydrogen) atoms. The molecule has 0 aromatic carbocycles. The summed E-state index contributed by atoms with van der Waals surface area (Å²) in [4.78, 5) is 12.3. The standard InChI is InChI=1S/C21H32O5/c1-11(22)14-6-9-21-19(14,3)17(25)15(24)16-18(2)7-5-13(23)10-12(18)4-8-20(16,21)26-21/h12-17,23-25H,4-10H2,1-3H3/t12-,13?,14-,15?,16+,17?,18+,19+,20+,21-/m1/s1. The molecule has 4 saturated carbocycles. The van der Waals surface area contributed by atoms with Crippen LogP contribution in [0.5, 0.6) is 0 Å². The third-order valence-electron chi connectivity index (χ3n) is 9.73. The first kappa shape index (κ1) is 17.6. The fourth-order valence-electron chi connectivity index (χ4n) is 8.48. The van der Waals surface area contributed by atoms with Crippen molar-refractivity contribution in [2.24, 2.45) is 28.6 Å². The van der Waals surface area contributed by atoms with E-state index in [0.29, 0.717) is 5.92 Å². The van der Waals surface area contributed by atoms with Gasteiger partial charge in [0.15, 0.2) is 0 Å². The van der Waals surface area contributed by atoms with Crippen LogP contribution in [0, 0.1) is 28.6 Å². The molecule has 5 fully saturated rings. The molecule has 0 amide bonds. The van der Waals surface area contributed by atoms with E-state index >= 15 is 0 Å². The van der Waals surface area contributed by atoms with Gasteiger partial charge in [0.1, 0.15) is 17.0 Å². The Balaban J connectivity index is 1.61. The minimum absolute atomic E-state index is 0.0976. The molecule has 10 atom stereocenters. The molecule has 3 unspecified atom stereocenters. The quantitative estimate of drug-likeness (QED) is 0.618. The highest BCUT2D eigenvalue weighted by atomic mass is 16.6. The number of hydrogen-bond acceptors (Lipinski definition) is 5. The summed E-state index contributed by atoms with van der Waals surface area (Å²) in [5.41, 5.74) is -1.70. The van der Waals surface area contributed by atoms with Crippen LogP contribution >= 0.6 is 0 Å². The molecule has 5 heteroatoms. The lowest BCUT2D eigenvalue weighted by molar-refractivity contribution is -0.196. The molecule has 5 nitrogen and oxygen atoms in total. The molecule has 4 aliphatic carbocycles. The highest BCUT2D eigenvalue weighted by Gasteiger charge is 2.90. The summed E-state index contributed by atoms with van der Waals surface area (Å²) in [6.07, 6.45) is 3.74. The summed E-state index contributed by atoms with van der Waals surface area (Å²) >= 11 is 0. The van der Waals surface area contributed by atoms with E-state index in [4.69, 9.17) is 4.74 Å². The van der Waals surface area contributed by atoms with Crippen LogP contribution in [0.1, 0.15) is 65.7 Å². The molecule has 1 saturated heterocycles. The van der Waals surface area contributed by atoms with Crippen molar-refractivity contribution >= 4 is 5.78 Å². The molecule has 2 spiro atoms. The van der Waals surface area contributed by atoms with Crippen LogP contribution < -0.4 is 0 Å². The number of aliphatic hydroxyl groups is 3. The minimum Gasteiger partial charge on any atom is -0.393 e. The van der Waals surface area contributed by atoms with Crippen LogP contribution in [0.3, 0.4) is 0 Å². The number of Topliss-reactive ketones (excluding diaryl/α,β-unsaturated/α-hetero) is 1. The first-order valence-corrected chi connectivity index (χ1v) is 10.4. The second-order valence-electron chi connectivity index (χ2n) is 10.4. The number of carbonyl (C=O) groups is 1. The van der Waals surface area contributed by atoms with Gasteiger partial charge in [0.25, 0.3) is 0 Å². The highest BCUT2D eigenvalue weighted by molar-refractivity contribution is 5.80. The van der Waals surface area contributed by atoms with Crippen molar-refractivity contribution in [3.05, 3.63) is 0 Å². The van der Waals surface area contributed by atoms with Gasteiger partial charge in [-0.1, -0.05) is 13.8 Å². The van der Waals surface area contributed by atoms with E-state index < -0.39 is 28.8 Å². The molecule has 5 rings (SSSR count). The molecule has 146 valence electrons. The smallest absolute Gasteiger partial charge is 0.133 e. The predicted molar refractivity (Wildman–Crippen MR) is 94.3 cm³/mol. The van der Waals surface area contributed by atoms with Gasteiger partial charge in [0.2, 0.25) is 0 Å². The van der Waals surface area contributed by atoms with Crippen LogP contribution in [0.2, 0.25) is 0 Å². The number of aliphatic hydroxyl groups excluding tert-OH is 3. The summed E-state index contributed by atoms with van der Waals surface area (Å²) in [5.74, 6) is 0.0981. The summed E-state index contributed by atoms with van der Waals surface area (Å²) in [6.45, 7) is 5.82. The van der Waals surface area contributed by atoms with E-state index in [-0.39, 0.29) is 29.1 Å². The third-order valence-corrected chi connectivity index (χ3v) is 9.73. The number of hydrogen-bond donors (Lipinski definition) is 3. The number of fused-ring (bicyclic) bond motifs is 2. The number of epoxide rings is 1. The Morgan fingerprint density at radius 2 is 1.77 bits per heavy atom. The van der Waals surface area contributed by atoms with Gasteiger partial charge in [0.05, 0.1) is 18.3 Å². The van der Waals surface area contributed by atoms with Crippen LogP contribution in [0.15, 0.2) is 0 Å². The molecule has 3 N–H and O–H groups in total. The maximum absolute atomic E-state index is 12.3. The Kier molecular flexibility index (Phi) is 3.33. The molecule has 5 aliphatic rings. The van der Waals surface area contributed by atoms with E-state index in [2.05, 4.69) is 6.92 Å². The average molecular weight is 364 g/mol. The largest absolute Gasteiger partial charge is 0.393 e. The van der Waals surface area contributed by atoms with Gasteiger partial charge in [-0.05, 0) is 63.2 Å². The zero-order valence-corrected chi connectivity index (χ0v) is 16.1. The summed E-state index contributed by atoms with van der Waals surface area (Å²) in [7, 11) is 0. The van der Waals surface area contributed by atoms with Crippen molar-refractivity contribution in [2.45, 2.75) is 95.2 Å². The Morgan fingerprint density at radius 1 is 1.04 bits per heavy atom. The number of ketones is 1. The molecular weight excluding hydrogens is 332 g/mol. The molecular formula is C21H32O5. The van der Waals surface area contributed by atoms with Crippen molar-refractivity contribution < 1.29 is 24.9 Å². The van der Waals surface area contributed by atoms with Crippen LogP contribution in [0.4, 0.5) is 0 Å². The van der Waals surface area contributed by atoms with E-state index in [9.17, 15) is 20.1 Å². The maximum atomic E-state index is 12.3. The lowest BCUT2D eigenvalue weighted by atomic mass is 9.43. The second kappa shape index (κ2) is 4.91. The first-order valence-electron chi connectivity index (χ1n) is 10.4. The van der Waals surface area contributed by atoms with Gasteiger partial charge in [-0.15, -0.1) is 0 Å². The molecule has 0 radical (unpaired) electrons. The second-order valence-corrected chi connectivity index (χ2v) is 10.4. The van der Waals surface area contributed by atoms with Crippen molar-refractivity contribution in [2.75, 3.05) is 0 Å². The van der Waals surface area contributed by atoms with Gasteiger partial charge in [-0.2, -0.15) is 0 Å². The first-order chi connectivity index (χ1) is 12.1. The topological polar surface area (TPSA) is 90.3 Å². The van der Waals surface area contributed by atoms with E-state index in [1.54, 1.807) is 6.92 Å². The van der Waals surface area contributed by atoms with Crippen molar-refractivity contribution in [1.82, 2.24) is 0 Å². The van der Waals surface area contributed by atoms with Crippen molar-refractivity contribution in [3.63, 3.8) is 0 Å². The van der Waals surface area contributed by atoms with Gasteiger partial charge in [-0.25, -0.2) is 0 Å².